The van der Waals surface area contributed by atoms with Gasteiger partial charge in [-0.05, 0) is 29.2 Å². The van der Waals surface area contributed by atoms with Gasteiger partial charge in [-0.3, -0.25) is 4.79 Å². The minimum absolute atomic E-state index is 0.175. The number of fused-ring (bicyclic) bond motifs is 1. The zero-order valence-corrected chi connectivity index (χ0v) is 12.7. The van der Waals surface area contributed by atoms with Crippen LogP contribution in [0.5, 0.6) is 0 Å². The second-order valence-corrected chi connectivity index (χ2v) is 5.60. The lowest BCUT2D eigenvalue weighted by molar-refractivity contribution is 0.100. The Morgan fingerprint density at radius 1 is 1.27 bits per heavy atom. The molecule has 1 amide bonds. The van der Waals surface area contributed by atoms with Gasteiger partial charge in [0.1, 0.15) is 0 Å². The van der Waals surface area contributed by atoms with Crippen molar-refractivity contribution in [2.24, 2.45) is 5.73 Å². The predicted octanol–water partition coefficient (Wildman–Crippen LogP) is 3.93. The van der Waals surface area contributed by atoms with Gasteiger partial charge in [0.25, 0.3) is 5.91 Å². The molecular weight excluding hydrogens is 272 g/mol. The second-order valence-electron chi connectivity index (χ2n) is 5.60. The van der Waals surface area contributed by atoms with Gasteiger partial charge in [0.15, 0.2) is 0 Å². The molecule has 3 rings (SSSR count). The van der Waals surface area contributed by atoms with Gasteiger partial charge in [-0.1, -0.05) is 49.4 Å². The Morgan fingerprint density at radius 3 is 2.59 bits per heavy atom. The summed E-state index contributed by atoms with van der Waals surface area (Å²) in [5.41, 5.74) is 10.4. The van der Waals surface area contributed by atoms with E-state index in [1.54, 1.807) is 0 Å². The topological polar surface area (TPSA) is 55.1 Å². The first kappa shape index (κ1) is 14.4. The Kier molecular flexibility index (Phi) is 3.72. The van der Waals surface area contributed by atoms with E-state index in [-0.39, 0.29) is 12.0 Å². The zero-order valence-electron chi connectivity index (χ0n) is 12.7. The SMILES string of the molecule is C=CC1c2c(-c3ccccc3)ccc(C(N)=O)c2NC1CC. The molecule has 0 radical (unpaired) electrons. The number of primary amides is 1. The molecule has 22 heavy (non-hydrogen) atoms. The van der Waals surface area contributed by atoms with Crippen LogP contribution in [0.15, 0.2) is 55.1 Å². The Bertz CT molecular complexity index is 722. The van der Waals surface area contributed by atoms with E-state index in [9.17, 15) is 4.79 Å². The molecule has 0 aromatic heterocycles. The van der Waals surface area contributed by atoms with E-state index in [1.165, 1.54) is 0 Å². The largest absolute Gasteiger partial charge is 0.380 e. The lowest BCUT2D eigenvalue weighted by Crippen LogP contribution is -2.19. The van der Waals surface area contributed by atoms with Crippen molar-refractivity contribution < 1.29 is 4.79 Å². The smallest absolute Gasteiger partial charge is 0.250 e. The molecule has 0 saturated heterocycles. The summed E-state index contributed by atoms with van der Waals surface area (Å²) in [7, 11) is 0. The Balaban J connectivity index is 2.26. The van der Waals surface area contributed by atoms with Crippen LogP contribution in [-0.4, -0.2) is 11.9 Å². The number of benzene rings is 2. The van der Waals surface area contributed by atoms with Crippen LogP contribution in [0.25, 0.3) is 11.1 Å². The van der Waals surface area contributed by atoms with Crippen LogP contribution in [0.4, 0.5) is 5.69 Å². The summed E-state index contributed by atoms with van der Waals surface area (Å²) in [6.45, 7) is 6.12. The van der Waals surface area contributed by atoms with Crippen LogP contribution < -0.4 is 11.1 Å². The number of nitrogens with two attached hydrogens (primary N) is 1. The summed E-state index contributed by atoms with van der Waals surface area (Å²) in [5.74, 6) is -0.225. The fraction of sp³-hybridized carbons (Fsp3) is 0.211. The average Bonchev–Trinajstić information content (AvgIpc) is 2.93. The molecule has 2 aromatic carbocycles. The summed E-state index contributed by atoms with van der Waals surface area (Å²) in [4.78, 5) is 11.8. The van der Waals surface area contributed by atoms with E-state index in [0.29, 0.717) is 5.56 Å². The van der Waals surface area contributed by atoms with Crippen molar-refractivity contribution in [1.82, 2.24) is 0 Å². The summed E-state index contributed by atoms with van der Waals surface area (Å²) in [6.07, 6.45) is 2.92. The Hall–Kier alpha value is -2.55. The van der Waals surface area contributed by atoms with E-state index in [4.69, 9.17) is 5.73 Å². The van der Waals surface area contributed by atoms with Gasteiger partial charge in [-0.25, -0.2) is 0 Å². The van der Waals surface area contributed by atoms with Gasteiger partial charge in [-0.15, -0.1) is 6.58 Å². The number of carbonyl (C=O) groups excluding carboxylic acids is 1. The maximum atomic E-state index is 11.8. The number of amides is 1. The van der Waals surface area contributed by atoms with Gasteiger partial charge in [0.05, 0.1) is 11.3 Å². The third-order valence-electron chi connectivity index (χ3n) is 4.39. The minimum atomic E-state index is -0.400. The van der Waals surface area contributed by atoms with Gasteiger partial charge in [0, 0.05) is 12.0 Å². The molecule has 1 aliphatic heterocycles. The normalized spacial score (nSPS) is 19.3. The van der Waals surface area contributed by atoms with Gasteiger partial charge in [0.2, 0.25) is 0 Å². The standard InChI is InChI=1S/C19H20N2O/c1-3-13-16(4-2)21-18-15(19(20)22)11-10-14(17(13)18)12-8-6-5-7-9-12/h3,5-11,13,16,21H,1,4H2,2H3,(H2,20,22). The van der Waals surface area contributed by atoms with Crippen molar-refractivity contribution in [2.75, 3.05) is 5.32 Å². The minimum Gasteiger partial charge on any atom is -0.380 e. The highest BCUT2D eigenvalue weighted by Crippen LogP contribution is 2.45. The fourth-order valence-corrected chi connectivity index (χ4v) is 3.31. The van der Waals surface area contributed by atoms with E-state index in [2.05, 4.69) is 31.0 Å². The molecule has 2 unspecified atom stereocenters. The quantitative estimate of drug-likeness (QED) is 0.839. The van der Waals surface area contributed by atoms with Crippen molar-refractivity contribution in [3.8, 4) is 11.1 Å². The molecule has 0 fully saturated rings. The maximum Gasteiger partial charge on any atom is 0.250 e. The molecule has 2 atom stereocenters. The monoisotopic (exact) mass is 292 g/mol. The van der Waals surface area contributed by atoms with Gasteiger partial charge >= 0.3 is 0 Å². The summed E-state index contributed by atoms with van der Waals surface area (Å²) >= 11 is 0. The molecule has 3 heteroatoms. The fourth-order valence-electron chi connectivity index (χ4n) is 3.31. The highest BCUT2D eigenvalue weighted by molar-refractivity contribution is 6.01. The van der Waals surface area contributed by atoms with Crippen LogP contribution in [0.1, 0.15) is 35.2 Å². The third kappa shape index (κ3) is 2.19. The number of nitrogens with one attached hydrogen (secondary N) is 1. The first-order valence-electron chi connectivity index (χ1n) is 7.58. The summed E-state index contributed by atoms with van der Waals surface area (Å²) in [5, 5.41) is 3.47. The first-order valence-corrected chi connectivity index (χ1v) is 7.58. The molecule has 1 heterocycles. The molecular formula is C19H20N2O. The van der Waals surface area contributed by atoms with Crippen LogP contribution in [0.2, 0.25) is 0 Å². The van der Waals surface area contributed by atoms with Crippen LogP contribution >= 0.6 is 0 Å². The number of hydrogen-bond donors (Lipinski definition) is 2. The van der Waals surface area contributed by atoms with Gasteiger partial charge < -0.3 is 11.1 Å². The molecule has 0 spiro atoms. The highest BCUT2D eigenvalue weighted by atomic mass is 16.1. The molecule has 0 bridgehead atoms. The number of anilines is 1. The average molecular weight is 292 g/mol. The highest BCUT2D eigenvalue weighted by Gasteiger charge is 2.33. The Morgan fingerprint density at radius 2 is 2.00 bits per heavy atom. The molecule has 0 aliphatic carbocycles. The van der Waals surface area contributed by atoms with E-state index in [1.807, 2.05) is 36.4 Å². The van der Waals surface area contributed by atoms with Crippen molar-refractivity contribution >= 4 is 11.6 Å². The van der Waals surface area contributed by atoms with Crippen LogP contribution in [-0.2, 0) is 0 Å². The van der Waals surface area contributed by atoms with Crippen molar-refractivity contribution in [1.29, 1.82) is 0 Å². The molecule has 0 saturated carbocycles. The molecule has 112 valence electrons. The lowest BCUT2D eigenvalue weighted by atomic mass is 9.86. The number of rotatable bonds is 4. The molecule has 3 N–H and O–H groups in total. The van der Waals surface area contributed by atoms with Crippen LogP contribution in [0, 0.1) is 0 Å². The van der Waals surface area contributed by atoms with Crippen molar-refractivity contribution in [3.63, 3.8) is 0 Å². The summed E-state index contributed by atoms with van der Waals surface area (Å²) in [6, 6.07) is 14.3. The maximum absolute atomic E-state index is 11.8. The van der Waals surface area contributed by atoms with Crippen molar-refractivity contribution in [2.45, 2.75) is 25.3 Å². The number of carbonyl (C=O) groups is 1. The third-order valence-corrected chi connectivity index (χ3v) is 4.39. The van der Waals surface area contributed by atoms with E-state index in [0.717, 1.165) is 28.8 Å². The summed E-state index contributed by atoms with van der Waals surface area (Å²) < 4.78 is 0. The number of hydrogen-bond acceptors (Lipinski definition) is 2. The van der Waals surface area contributed by atoms with Gasteiger partial charge in [-0.2, -0.15) is 0 Å². The lowest BCUT2D eigenvalue weighted by Gasteiger charge is -2.16. The molecule has 3 nitrogen and oxygen atoms in total. The Labute approximate surface area is 130 Å². The predicted molar refractivity (Wildman–Crippen MR) is 91.0 cm³/mol. The van der Waals surface area contributed by atoms with E-state index >= 15 is 0 Å². The zero-order chi connectivity index (χ0) is 15.7. The second kappa shape index (κ2) is 5.68. The van der Waals surface area contributed by atoms with Crippen LogP contribution in [0.3, 0.4) is 0 Å². The first-order chi connectivity index (χ1) is 10.7. The molecule has 1 aliphatic rings. The molecule has 2 aromatic rings. The van der Waals surface area contributed by atoms with E-state index < -0.39 is 5.91 Å². The van der Waals surface area contributed by atoms with Crippen molar-refractivity contribution in [3.05, 3.63) is 66.2 Å².